The zero-order chi connectivity index (χ0) is 21.8. The second kappa shape index (κ2) is 9.03. The third-order valence-corrected chi connectivity index (χ3v) is 6.10. The van der Waals surface area contributed by atoms with Crippen LogP contribution in [-0.4, -0.2) is 22.9 Å². The Balaban J connectivity index is 1.53. The maximum absolute atomic E-state index is 12.7. The van der Waals surface area contributed by atoms with E-state index in [4.69, 9.17) is 0 Å². The van der Waals surface area contributed by atoms with Crippen LogP contribution < -0.4 is 10.9 Å². The van der Waals surface area contributed by atoms with Crippen LogP contribution in [0.4, 0.5) is 0 Å². The molecule has 1 aliphatic heterocycles. The lowest BCUT2D eigenvalue weighted by Crippen LogP contribution is -2.38. The minimum absolute atomic E-state index is 0.0354. The van der Waals surface area contributed by atoms with E-state index < -0.39 is 11.4 Å². The van der Waals surface area contributed by atoms with Gasteiger partial charge in [0.25, 0.3) is 5.91 Å². The SMILES string of the molecule is O=C(NN=Cc1cc(Br)cc(Br)c1O)C1=NNC(c2ccccc2)(c2ccccc2)C1. The number of nitrogens with zero attached hydrogens (tertiary/aromatic N) is 2. The van der Waals surface area contributed by atoms with Crippen molar-refractivity contribution in [2.75, 3.05) is 0 Å². The number of amides is 1. The molecule has 0 atom stereocenters. The molecule has 0 saturated heterocycles. The molecular formula is C23H18Br2N4O2. The van der Waals surface area contributed by atoms with Crippen molar-refractivity contribution in [2.45, 2.75) is 12.0 Å². The number of hydrogen-bond acceptors (Lipinski definition) is 5. The predicted molar refractivity (Wildman–Crippen MR) is 128 cm³/mol. The number of halogens is 2. The van der Waals surface area contributed by atoms with Gasteiger partial charge in [-0.1, -0.05) is 76.6 Å². The molecular weight excluding hydrogens is 524 g/mol. The molecule has 0 unspecified atom stereocenters. The van der Waals surface area contributed by atoms with Crippen molar-refractivity contribution in [3.8, 4) is 5.75 Å². The zero-order valence-electron chi connectivity index (χ0n) is 16.2. The van der Waals surface area contributed by atoms with Gasteiger partial charge in [0.15, 0.2) is 0 Å². The first-order valence-corrected chi connectivity index (χ1v) is 11.0. The standard InChI is InChI=1S/C23H18Br2N4O2/c24-18-11-15(21(30)19(25)12-18)14-26-28-22(31)20-13-23(29-27-20,16-7-3-1-4-8-16)17-9-5-2-6-10-17/h1-12,14,29-30H,13H2,(H,28,31). The smallest absolute Gasteiger partial charge is 0.287 e. The number of hydrogen-bond donors (Lipinski definition) is 3. The van der Waals surface area contributed by atoms with Gasteiger partial charge in [0.05, 0.1) is 10.7 Å². The third kappa shape index (κ3) is 4.40. The second-order valence-electron chi connectivity index (χ2n) is 7.01. The molecule has 0 bridgehead atoms. The average molecular weight is 542 g/mol. The van der Waals surface area contributed by atoms with Gasteiger partial charge < -0.3 is 5.11 Å². The van der Waals surface area contributed by atoms with Gasteiger partial charge in [0, 0.05) is 16.5 Å². The molecule has 0 saturated carbocycles. The number of aromatic hydroxyl groups is 1. The van der Waals surface area contributed by atoms with Gasteiger partial charge in [-0.25, -0.2) is 5.43 Å². The topological polar surface area (TPSA) is 86.1 Å². The van der Waals surface area contributed by atoms with E-state index in [1.807, 2.05) is 60.7 Å². The average Bonchev–Trinajstić information content (AvgIpc) is 3.25. The summed E-state index contributed by atoms with van der Waals surface area (Å²) < 4.78 is 1.29. The molecule has 0 aromatic heterocycles. The molecule has 1 heterocycles. The van der Waals surface area contributed by atoms with E-state index >= 15 is 0 Å². The Hall–Kier alpha value is -2.97. The van der Waals surface area contributed by atoms with E-state index in [1.54, 1.807) is 12.1 Å². The van der Waals surface area contributed by atoms with Crippen molar-refractivity contribution in [1.29, 1.82) is 0 Å². The Morgan fingerprint density at radius 1 is 1.06 bits per heavy atom. The van der Waals surface area contributed by atoms with Crippen LogP contribution in [-0.2, 0) is 10.3 Å². The maximum Gasteiger partial charge on any atom is 0.287 e. The maximum atomic E-state index is 12.7. The van der Waals surface area contributed by atoms with Crippen molar-refractivity contribution < 1.29 is 9.90 Å². The van der Waals surface area contributed by atoms with Crippen molar-refractivity contribution in [3.63, 3.8) is 0 Å². The highest BCUT2D eigenvalue weighted by Gasteiger charge is 2.41. The molecule has 3 aromatic carbocycles. The Kier molecular flexibility index (Phi) is 6.20. The molecule has 1 amide bonds. The Bertz CT molecular complexity index is 1130. The second-order valence-corrected chi connectivity index (χ2v) is 8.78. The summed E-state index contributed by atoms with van der Waals surface area (Å²) >= 11 is 6.63. The van der Waals surface area contributed by atoms with Crippen LogP contribution in [0.3, 0.4) is 0 Å². The van der Waals surface area contributed by atoms with E-state index in [0.717, 1.165) is 15.6 Å². The van der Waals surface area contributed by atoms with E-state index in [9.17, 15) is 9.90 Å². The van der Waals surface area contributed by atoms with Gasteiger partial charge in [-0.15, -0.1) is 0 Å². The van der Waals surface area contributed by atoms with Crippen LogP contribution in [0, 0.1) is 0 Å². The summed E-state index contributed by atoms with van der Waals surface area (Å²) in [5, 5.41) is 18.4. The van der Waals surface area contributed by atoms with Crippen LogP contribution in [0.15, 0.2) is 91.9 Å². The summed E-state index contributed by atoms with van der Waals surface area (Å²) in [7, 11) is 0. The molecule has 0 fully saturated rings. The summed E-state index contributed by atoms with van der Waals surface area (Å²) in [6.45, 7) is 0. The lowest BCUT2D eigenvalue weighted by molar-refractivity contribution is -0.114. The monoisotopic (exact) mass is 540 g/mol. The molecule has 1 aliphatic rings. The lowest BCUT2D eigenvalue weighted by Gasteiger charge is -2.30. The summed E-state index contributed by atoms with van der Waals surface area (Å²) in [6.07, 6.45) is 1.75. The van der Waals surface area contributed by atoms with Gasteiger partial charge in [0.2, 0.25) is 0 Å². The molecule has 156 valence electrons. The minimum atomic E-state index is -0.633. The molecule has 3 aromatic rings. The molecule has 4 rings (SSSR count). The van der Waals surface area contributed by atoms with Gasteiger partial charge in [-0.2, -0.15) is 10.2 Å². The van der Waals surface area contributed by atoms with Gasteiger partial charge in [-0.3, -0.25) is 10.2 Å². The van der Waals surface area contributed by atoms with Crippen LogP contribution >= 0.6 is 31.9 Å². The van der Waals surface area contributed by atoms with Crippen molar-refractivity contribution in [2.24, 2.45) is 10.2 Å². The number of hydrazone groups is 2. The first kappa shape index (κ1) is 21.3. The summed E-state index contributed by atoms with van der Waals surface area (Å²) in [5.41, 5.74) is 7.87. The first-order valence-electron chi connectivity index (χ1n) is 9.46. The van der Waals surface area contributed by atoms with Crippen molar-refractivity contribution >= 4 is 49.7 Å². The largest absolute Gasteiger partial charge is 0.506 e. The fraction of sp³-hybridized carbons (Fsp3) is 0.0870. The number of phenolic OH excluding ortho intramolecular Hbond substituents is 1. The van der Waals surface area contributed by atoms with E-state index in [-0.39, 0.29) is 5.75 Å². The van der Waals surface area contributed by atoms with Crippen LogP contribution in [0.2, 0.25) is 0 Å². The normalized spacial score (nSPS) is 14.8. The van der Waals surface area contributed by atoms with E-state index in [2.05, 4.69) is 52.9 Å². The highest BCUT2D eigenvalue weighted by molar-refractivity contribution is 9.11. The zero-order valence-corrected chi connectivity index (χ0v) is 19.4. The Labute approximate surface area is 196 Å². The van der Waals surface area contributed by atoms with Gasteiger partial charge in [-0.05, 0) is 39.2 Å². The third-order valence-electron chi connectivity index (χ3n) is 5.04. The van der Waals surface area contributed by atoms with Crippen LogP contribution in [0.1, 0.15) is 23.1 Å². The first-order chi connectivity index (χ1) is 15.0. The lowest BCUT2D eigenvalue weighted by atomic mass is 9.80. The van der Waals surface area contributed by atoms with Gasteiger partial charge >= 0.3 is 0 Å². The Morgan fingerprint density at radius 3 is 2.29 bits per heavy atom. The number of benzene rings is 3. The number of nitrogens with one attached hydrogen (secondary N) is 2. The molecule has 6 nitrogen and oxygen atoms in total. The molecule has 8 heteroatoms. The number of carbonyl (C=O) groups excluding carboxylic acids is 1. The number of phenols is 1. The summed E-state index contributed by atoms with van der Waals surface area (Å²) in [4.78, 5) is 12.7. The highest BCUT2D eigenvalue weighted by atomic mass is 79.9. The van der Waals surface area contributed by atoms with Crippen molar-refractivity contribution in [3.05, 3.63) is 98.4 Å². The fourth-order valence-corrected chi connectivity index (χ4v) is 4.74. The molecule has 0 radical (unpaired) electrons. The fourth-order valence-electron chi connectivity index (χ4n) is 3.48. The van der Waals surface area contributed by atoms with Crippen LogP contribution in [0.25, 0.3) is 0 Å². The summed E-state index contributed by atoms with van der Waals surface area (Å²) in [5.74, 6) is -0.376. The summed E-state index contributed by atoms with van der Waals surface area (Å²) in [6, 6.07) is 23.2. The predicted octanol–water partition coefficient (Wildman–Crippen LogP) is 4.66. The van der Waals surface area contributed by atoms with Gasteiger partial charge in [0.1, 0.15) is 17.0 Å². The molecule has 0 aliphatic carbocycles. The molecule has 0 spiro atoms. The van der Waals surface area contributed by atoms with Crippen LogP contribution in [0.5, 0.6) is 5.75 Å². The number of carbonyl (C=O) groups is 1. The molecule has 3 N–H and O–H groups in total. The molecule has 31 heavy (non-hydrogen) atoms. The number of rotatable bonds is 5. The van der Waals surface area contributed by atoms with E-state index in [1.165, 1.54) is 6.21 Å². The van der Waals surface area contributed by atoms with Crippen molar-refractivity contribution in [1.82, 2.24) is 10.9 Å². The highest BCUT2D eigenvalue weighted by Crippen LogP contribution is 2.36. The Morgan fingerprint density at radius 2 is 1.68 bits per heavy atom. The van der Waals surface area contributed by atoms with E-state index in [0.29, 0.717) is 22.2 Å². The quantitative estimate of drug-likeness (QED) is 0.324. The minimum Gasteiger partial charge on any atom is -0.506 e.